The van der Waals surface area contributed by atoms with Crippen LogP contribution in [0.2, 0.25) is 0 Å². The molecule has 0 bridgehead atoms. The molecule has 1 fully saturated rings. The highest BCUT2D eigenvalue weighted by Crippen LogP contribution is 2.23. The Bertz CT molecular complexity index is 452. The number of benzene rings is 1. The van der Waals surface area contributed by atoms with E-state index in [2.05, 4.69) is 0 Å². The van der Waals surface area contributed by atoms with Gasteiger partial charge in [0.15, 0.2) is 11.1 Å². The molecule has 0 radical (unpaired) electrons. The molecule has 1 unspecified atom stereocenters. The zero-order chi connectivity index (χ0) is 14.7. The van der Waals surface area contributed by atoms with Gasteiger partial charge in [0.05, 0.1) is 11.5 Å². The Morgan fingerprint density at radius 1 is 1.10 bits per heavy atom. The highest BCUT2D eigenvalue weighted by Gasteiger charge is 2.44. The molecule has 1 aliphatic heterocycles. The van der Waals surface area contributed by atoms with Crippen LogP contribution in [0.3, 0.4) is 0 Å². The monoisotopic (exact) mass is 304 g/mol. The largest absolute Gasteiger partial charge is 0.394 e. The Hall–Kier alpha value is -0.870. The lowest BCUT2D eigenvalue weighted by Gasteiger charge is -2.38. The summed E-state index contributed by atoms with van der Waals surface area (Å²) in [6, 6.07) is 8.22. The molecule has 0 amide bonds. The summed E-state index contributed by atoms with van der Waals surface area (Å²) in [6.45, 7) is -0.567. The van der Waals surface area contributed by atoms with Crippen molar-refractivity contribution < 1.29 is 33.6 Å². The second kappa shape index (κ2) is 6.72. The van der Waals surface area contributed by atoms with Gasteiger partial charge in [-0.3, -0.25) is 4.18 Å². The van der Waals surface area contributed by atoms with Crippen LogP contribution in [0, 0.1) is 0 Å². The normalized spacial score (nSPS) is 35.7. The SMILES string of the molecule is O=S(O[C@H]1O[C@H](CO)[C@H](O)[C@H](O)[C@H]1O)c1ccccc1. The van der Waals surface area contributed by atoms with Gasteiger partial charge in [0, 0.05) is 0 Å². The molecule has 112 valence electrons. The van der Waals surface area contributed by atoms with Crippen LogP contribution >= 0.6 is 0 Å². The van der Waals surface area contributed by atoms with Gasteiger partial charge in [-0.15, -0.1) is 0 Å². The Labute approximate surface area is 118 Å². The van der Waals surface area contributed by atoms with Crippen molar-refractivity contribution in [1.82, 2.24) is 0 Å². The molecule has 20 heavy (non-hydrogen) atoms. The van der Waals surface area contributed by atoms with Gasteiger partial charge in [-0.25, -0.2) is 4.21 Å². The summed E-state index contributed by atoms with van der Waals surface area (Å²) in [4.78, 5) is 0.365. The van der Waals surface area contributed by atoms with Crippen molar-refractivity contribution in [1.29, 1.82) is 0 Å². The molecule has 8 heteroatoms. The van der Waals surface area contributed by atoms with Crippen LogP contribution < -0.4 is 0 Å². The van der Waals surface area contributed by atoms with Gasteiger partial charge in [-0.2, -0.15) is 0 Å². The van der Waals surface area contributed by atoms with E-state index in [9.17, 15) is 19.5 Å². The van der Waals surface area contributed by atoms with Crippen molar-refractivity contribution in [2.75, 3.05) is 6.61 Å². The standard InChI is InChI=1S/C12H16O7S/c13-6-8-9(14)10(15)11(16)12(18-8)19-20(17)7-4-2-1-3-5-7/h1-5,8-16H,6H2/t8-,9+,10+,11-,12-,20?/m1/s1. The van der Waals surface area contributed by atoms with E-state index in [-0.39, 0.29) is 0 Å². The summed E-state index contributed by atoms with van der Waals surface area (Å²) in [7, 11) is 0. The molecule has 0 aromatic heterocycles. The first-order chi connectivity index (χ1) is 9.54. The summed E-state index contributed by atoms with van der Waals surface area (Å²) in [5.74, 6) is 0. The van der Waals surface area contributed by atoms with Crippen molar-refractivity contribution in [2.45, 2.75) is 35.6 Å². The predicted octanol–water partition coefficient (Wildman–Crippen LogP) is -1.47. The average molecular weight is 304 g/mol. The fourth-order valence-corrected chi connectivity index (χ4v) is 2.64. The van der Waals surface area contributed by atoms with E-state index >= 15 is 0 Å². The van der Waals surface area contributed by atoms with Crippen LogP contribution in [0.5, 0.6) is 0 Å². The number of hydrogen-bond donors (Lipinski definition) is 4. The second-order valence-electron chi connectivity index (χ2n) is 4.34. The highest BCUT2D eigenvalue weighted by molar-refractivity contribution is 7.80. The number of ether oxygens (including phenoxy) is 1. The average Bonchev–Trinajstić information content (AvgIpc) is 2.48. The first-order valence-electron chi connectivity index (χ1n) is 5.99. The Morgan fingerprint density at radius 3 is 2.35 bits per heavy atom. The van der Waals surface area contributed by atoms with Crippen molar-refractivity contribution in [3.63, 3.8) is 0 Å². The van der Waals surface area contributed by atoms with Crippen molar-refractivity contribution in [3.05, 3.63) is 30.3 Å². The zero-order valence-electron chi connectivity index (χ0n) is 10.4. The molecule has 0 aliphatic carbocycles. The van der Waals surface area contributed by atoms with Crippen LogP contribution in [0.4, 0.5) is 0 Å². The molecule has 1 heterocycles. The third-order valence-corrected chi connectivity index (χ3v) is 3.99. The third-order valence-electron chi connectivity index (χ3n) is 2.97. The quantitative estimate of drug-likeness (QED) is 0.536. The van der Waals surface area contributed by atoms with Gasteiger partial charge in [-0.1, -0.05) is 18.2 Å². The van der Waals surface area contributed by atoms with Crippen LogP contribution in [0.15, 0.2) is 35.2 Å². The van der Waals surface area contributed by atoms with Gasteiger partial charge >= 0.3 is 0 Å². The van der Waals surface area contributed by atoms with Gasteiger partial charge in [0.25, 0.3) is 0 Å². The fraction of sp³-hybridized carbons (Fsp3) is 0.500. The van der Waals surface area contributed by atoms with Gasteiger partial charge < -0.3 is 25.2 Å². The number of aliphatic hydroxyl groups is 4. The van der Waals surface area contributed by atoms with E-state index in [1.807, 2.05) is 0 Å². The minimum absolute atomic E-state index is 0.365. The summed E-state index contributed by atoms with van der Waals surface area (Å²) in [5, 5.41) is 37.9. The maximum absolute atomic E-state index is 11.9. The molecule has 6 atom stereocenters. The Morgan fingerprint density at radius 2 is 1.75 bits per heavy atom. The first-order valence-corrected chi connectivity index (χ1v) is 7.06. The fourth-order valence-electron chi connectivity index (χ4n) is 1.82. The molecule has 1 aliphatic rings. The summed E-state index contributed by atoms with van der Waals surface area (Å²) >= 11 is -1.90. The highest BCUT2D eigenvalue weighted by atomic mass is 32.2. The maximum Gasteiger partial charge on any atom is 0.202 e. The number of rotatable bonds is 4. The molecule has 2 rings (SSSR count). The van der Waals surface area contributed by atoms with E-state index in [4.69, 9.17) is 14.0 Å². The van der Waals surface area contributed by atoms with Crippen LogP contribution in [0.1, 0.15) is 0 Å². The van der Waals surface area contributed by atoms with E-state index in [0.717, 1.165) is 0 Å². The summed E-state index contributed by atoms with van der Waals surface area (Å²) < 4.78 is 22.1. The van der Waals surface area contributed by atoms with Gasteiger partial charge in [0.2, 0.25) is 6.29 Å². The summed E-state index contributed by atoms with van der Waals surface area (Å²) in [5.41, 5.74) is 0. The number of hydrogen-bond acceptors (Lipinski definition) is 7. The maximum atomic E-state index is 11.9. The smallest absolute Gasteiger partial charge is 0.202 e. The Kier molecular flexibility index (Phi) is 5.22. The zero-order valence-corrected chi connectivity index (χ0v) is 11.2. The third kappa shape index (κ3) is 3.23. The minimum atomic E-state index is -1.90. The second-order valence-corrected chi connectivity index (χ2v) is 5.47. The lowest BCUT2D eigenvalue weighted by Crippen LogP contribution is -2.59. The summed E-state index contributed by atoms with van der Waals surface area (Å²) in [6.07, 6.45) is -7.10. The molecule has 4 N–H and O–H groups in total. The minimum Gasteiger partial charge on any atom is -0.394 e. The lowest BCUT2D eigenvalue weighted by molar-refractivity contribution is -0.275. The first kappa shape index (κ1) is 15.5. The van der Waals surface area contributed by atoms with E-state index in [1.165, 1.54) is 0 Å². The molecule has 0 saturated carbocycles. The molecule has 1 aromatic rings. The van der Waals surface area contributed by atoms with E-state index in [0.29, 0.717) is 4.90 Å². The van der Waals surface area contributed by atoms with Crippen molar-refractivity contribution >= 4 is 11.1 Å². The van der Waals surface area contributed by atoms with Crippen molar-refractivity contribution in [3.8, 4) is 0 Å². The molecule has 0 spiro atoms. The Balaban J connectivity index is 2.06. The van der Waals surface area contributed by atoms with Gasteiger partial charge in [-0.05, 0) is 12.1 Å². The predicted molar refractivity (Wildman–Crippen MR) is 67.7 cm³/mol. The van der Waals surface area contributed by atoms with Crippen molar-refractivity contribution in [2.24, 2.45) is 0 Å². The molecule has 1 aromatic carbocycles. The van der Waals surface area contributed by atoms with Crippen LogP contribution in [0.25, 0.3) is 0 Å². The van der Waals surface area contributed by atoms with Gasteiger partial charge in [0.1, 0.15) is 24.4 Å². The molecular weight excluding hydrogens is 288 g/mol. The lowest BCUT2D eigenvalue weighted by atomic mass is 10.00. The van der Waals surface area contributed by atoms with E-state index in [1.54, 1.807) is 30.3 Å². The van der Waals surface area contributed by atoms with Crippen LogP contribution in [-0.2, 0) is 20.0 Å². The molecule has 1 saturated heterocycles. The van der Waals surface area contributed by atoms with E-state index < -0.39 is 48.4 Å². The number of aliphatic hydroxyl groups excluding tert-OH is 4. The molecular formula is C12H16O7S. The molecule has 7 nitrogen and oxygen atoms in total. The van der Waals surface area contributed by atoms with Crippen LogP contribution in [-0.4, -0.2) is 61.9 Å². The topological polar surface area (TPSA) is 116 Å².